The standard InChI is InChI=1S/C25H24N2O2S/c1-16-9-10-17(2)21(15-16)24(28)18(3)30-25-26-22-7-5-6-8-23(22)27(25)19-11-13-20(29-4)14-12-19/h5-15,18H,1-4H3. The number of carbonyl (C=O) groups is 1. The van der Waals surface area contributed by atoms with Gasteiger partial charge in [0.05, 0.1) is 23.4 Å². The van der Waals surface area contributed by atoms with Gasteiger partial charge in [0.1, 0.15) is 5.75 Å². The maximum Gasteiger partial charge on any atom is 0.176 e. The summed E-state index contributed by atoms with van der Waals surface area (Å²) in [4.78, 5) is 18.0. The van der Waals surface area contributed by atoms with Crippen molar-refractivity contribution >= 4 is 28.6 Å². The number of aromatic nitrogens is 2. The first kappa shape index (κ1) is 20.2. The highest BCUT2D eigenvalue weighted by atomic mass is 32.2. The normalized spacial score (nSPS) is 12.1. The van der Waals surface area contributed by atoms with Crippen molar-refractivity contribution in [3.63, 3.8) is 0 Å². The van der Waals surface area contributed by atoms with Crippen molar-refractivity contribution in [3.8, 4) is 11.4 Å². The molecule has 3 aromatic carbocycles. The molecule has 5 heteroatoms. The van der Waals surface area contributed by atoms with Crippen LogP contribution >= 0.6 is 11.8 Å². The van der Waals surface area contributed by atoms with Crippen molar-refractivity contribution in [2.75, 3.05) is 7.11 Å². The van der Waals surface area contributed by atoms with E-state index in [2.05, 4.69) is 4.57 Å². The molecule has 1 atom stereocenters. The Bertz CT molecular complexity index is 1210. The van der Waals surface area contributed by atoms with E-state index in [9.17, 15) is 4.79 Å². The fourth-order valence-electron chi connectivity index (χ4n) is 3.50. The third-order valence-corrected chi connectivity index (χ3v) is 6.22. The predicted octanol–water partition coefficient (Wildman–Crippen LogP) is 6.01. The van der Waals surface area contributed by atoms with E-state index in [0.29, 0.717) is 0 Å². The van der Waals surface area contributed by atoms with Crippen molar-refractivity contribution in [2.45, 2.75) is 31.2 Å². The van der Waals surface area contributed by atoms with Crippen LogP contribution in [0.5, 0.6) is 5.75 Å². The number of carbonyl (C=O) groups excluding carboxylic acids is 1. The minimum absolute atomic E-state index is 0.120. The van der Waals surface area contributed by atoms with Gasteiger partial charge in [-0.15, -0.1) is 0 Å². The van der Waals surface area contributed by atoms with Crippen molar-refractivity contribution in [1.29, 1.82) is 0 Å². The summed E-state index contributed by atoms with van der Waals surface area (Å²) in [5.74, 6) is 0.922. The number of para-hydroxylation sites is 2. The van der Waals surface area contributed by atoms with Crippen molar-refractivity contribution in [3.05, 3.63) is 83.4 Å². The molecule has 4 aromatic rings. The van der Waals surface area contributed by atoms with Gasteiger partial charge in [-0.3, -0.25) is 9.36 Å². The molecular formula is C25H24N2O2S. The number of methoxy groups -OCH3 is 1. The average Bonchev–Trinajstić information content (AvgIpc) is 3.12. The molecule has 0 saturated carbocycles. The highest BCUT2D eigenvalue weighted by molar-refractivity contribution is 8.00. The van der Waals surface area contributed by atoms with Crippen LogP contribution in [-0.2, 0) is 0 Å². The third-order valence-electron chi connectivity index (χ3n) is 5.17. The Morgan fingerprint density at radius 1 is 1.03 bits per heavy atom. The van der Waals surface area contributed by atoms with Crippen molar-refractivity contribution in [2.24, 2.45) is 0 Å². The number of ether oxygens (including phenoxy) is 1. The van der Waals surface area contributed by atoms with Gasteiger partial charge in [-0.2, -0.15) is 0 Å². The molecule has 0 aliphatic carbocycles. The molecule has 1 unspecified atom stereocenters. The van der Waals surface area contributed by atoms with Gasteiger partial charge in [-0.1, -0.05) is 41.6 Å². The first-order valence-corrected chi connectivity index (χ1v) is 10.8. The number of thioether (sulfide) groups is 1. The molecule has 1 aromatic heterocycles. The lowest BCUT2D eigenvalue weighted by molar-refractivity contribution is 0.0993. The fourth-order valence-corrected chi connectivity index (χ4v) is 4.51. The lowest BCUT2D eigenvalue weighted by Crippen LogP contribution is -2.16. The van der Waals surface area contributed by atoms with Crippen LogP contribution in [0.2, 0.25) is 0 Å². The number of aryl methyl sites for hydroxylation is 2. The van der Waals surface area contributed by atoms with Crippen LogP contribution in [0.4, 0.5) is 0 Å². The lowest BCUT2D eigenvalue weighted by Gasteiger charge is -2.14. The van der Waals surface area contributed by atoms with Crippen LogP contribution in [-0.4, -0.2) is 27.7 Å². The number of rotatable bonds is 6. The third kappa shape index (κ3) is 3.85. The number of fused-ring (bicyclic) bond motifs is 1. The number of nitrogens with zero attached hydrogens (tertiary/aromatic N) is 2. The van der Waals surface area contributed by atoms with Crippen molar-refractivity contribution in [1.82, 2.24) is 9.55 Å². The van der Waals surface area contributed by atoms with Gasteiger partial charge < -0.3 is 4.74 Å². The highest BCUT2D eigenvalue weighted by Crippen LogP contribution is 2.32. The van der Waals surface area contributed by atoms with Gasteiger partial charge in [-0.25, -0.2) is 4.98 Å². The van der Waals surface area contributed by atoms with Crippen LogP contribution in [0.15, 0.2) is 71.9 Å². The van der Waals surface area contributed by atoms with Crippen LogP contribution in [0.25, 0.3) is 16.7 Å². The van der Waals surface area contributed by atoms with Crippen LogP contribution < -0.4 is 4.74 Å². The van der Waals surface area contributed by atoms with E-state index in [-0.39, 0.29) is 11.0 Å². The van der Waals surface area contributed by atoms with E-state index in [1.807, 2.05) is 87.5 Å². The Morgan fingerprint density at radius 3 is 2.50 bits per heavy atom. The van der Waals surface area contributed by atoms with E-state index in [4.69, 9.17) is 9.72 Å². The Balaban J connectivity index is 1.73. The van der Waals surface area contributed by atoms with Gasteiger partial charge in [0.2, 0.25) is 0 Å². The summed E-state index contributed by atoms with van der Waals surface area (Å²) >= 11 is 1.49. The SMILES string of the molecule is COc1ccc(-n2c(SC(C)C(=O)c3cc(C)ccc3C)nc3ccccc32)cc1. The maximum atomic E-state index is 13.2. The minimum Gasteiger partial charge on any atom is -0.497 e. The Kier molecular flexibility index (Phi) is 5.64. The van der Waals surface area contributed by atoms with Gasteiger partial charge in [0, 0.05) is 11.3 Å². The number of Topliss-reactive ketones (excluding diaryl/α,β-unsaturated/α-hetero) is 1. The summed E-state index contributed by atoms with van der Waals surface area (Å²) in [7, 11) is 1.66. The van der Waals surface area contributed by atoms with E-state index >= 15 is 0 Å². The van der Waals surface area contributed by atoms with Crippen molar-refractivity contribution < 1.29 is 9.53 Å². The van der Waals surface area contributed by atoms with E-state index in [0.717, 1.165) is 44.3 Å². The second-order valence-electron chi connectivity index (χ2n) is 7.36. The molecule has 30 heavy (non-hydrogen) atoms. The van der Waals surface area contributed by atoms with E-state index < -0.39 is 0 Å². The molecule has 0 fully saturated rings. The van der Waals surface area contributed by atoms with Gasteiger partial charge in [0.25, 0.3) is 0 Å². The van der Waals surface area contributed by atoms with Gasteiger partial charge in [0.15, 0.2) is 10.9 Å². The molecule has 0 aliphatic rings. The molecule has 152 valence electrons. The Hall–Kier alpha value is -3.05. The molecule has 1 heterocycles. The molecule has 0 aliphatic heterocycles. The molecule has 0 saturated heterocycles. The molecule has 4 rings (SSSR count). The molecular weight excluding hydrogens is 392 g/mol. The average molecular weight is 417 g/mol. The van der Waals surface area contributed by atoms with Crippen LogP contribution in [0, 0.1) is 13.8 Å². The van der Waals surface area contributed by atoms with E-state index in [1.165, 1.54) is 11.8 Å². The number of imidazole rings is 1. The zero-order chi connectivity index (χ0) is 21.3. The number of benzene rings is 3. The number of hydrogen-bond donors (Lipinski definition) is 0. The summed E-state index contributed by atoms with van der Waals surface area (Å²) in [6.07, 6.45) is 0. The summed E-state index contributed by atoms with van der Waals surface area (Å²) in [6, 6.07) is 21.9. The molecule has 0 spiro atoms. The minimum atomic E-state index is -0.265. The van der Waals surface area contributed by atoms with Gasteiger partial charge >= 0.3 is 0 Å². The second-order valence-corrected chi connectivity index (χ2v) is 8.67. The predicted molar refractivity (Wildman–Crippen MR) is 123 cm³/mol. The zero-order valence-electron chi connectivity index (χ0n) is 17.5. The molecule has 0 bridgehead atoms. The first-order chi connectivity index (χ1) is 14.5. The number of ketones is 1. The van der Waals surface area contributed by atoms with Gasteiger partial charge in [-0.05, 0) is 68.8 Å². The Morgan fingerprint density at radius 2 is 1.77 bits per heavy atom. The summed E-state index contributed by atoms with van der Waals surface area (Å²) in [5.41, 5.74) is 5.77. The largest absolute Gasteiger partial charge is 0.497 e. The molecule has 4 nitrogen and oxygen atoms in total. The summed E-state index contributed by atoms with van der Waals surface area (Å²) < 4.78 is 7.40. The zero-order valence-corrected chi connectivity index (χ0v) is 18.4. The lowest BCUT2D eigenvalue weighted by atomic mass is 10.0. The monoisotopic (exact) mass is 416 g/mol. The van der Waals surface area contributed by atoms with E-state index in [1.54, 1.807) is 7.11 Å². The topological polar surface area (TPSA) is 44.1 Å². The van der Waals surface area contributed by atoms with Crippen LogP contribution in [0.1, 0.15) is 28.4 Å². The Labute approximate surface area is 180 Å². The highest BCUT2D eigenvalue weighted by Gasteiger charge is 2.22. The van der Waals surface area contributed by atoms with Crippen LogP contribution in [0.3, 0.4) is 0 Å². The maximum absolute atomic E-state index is 13.2. The smallest absolute Gasteiger partial charge is 0.176 e. The summed E-state index contributed by atoms with van der Waals surface area (Å²) in [5, 5.41) is 0.534. The quantitative estimate of drug-likeness (QED) is 0.285. The summed E-state index contributed by atoms with van der Waals surface area (Å²) in [6.45, 7) is 5.94. The molecule has 0 radical (unpaired) electrons. The molecule has 0 amide bonds. The fraction of sp³-hybridized carbons (Fsp3) is 0.200. The number of hydrogen-bond acceptors (Lipinski definition) is 4. The molecule has 0 N–H and O–H groups in total. The first-order valence-electron chi connectivity index (χ1n) is 9.88. The second kappa shape index (κ2) is 8.36.